The molecule has 1 unspecified atom stereocenters. The number of halogens is 1. The molecular formula is C24H20ClNO5S. The third-order valence-electron chi connectivity index (χ3n) is 5.45. The van der Waals surface area contributed by atoms with Crippen LogP contribution in [0, 0.1) is 13.8 Å². The number of phenols is 1. The number of ketones is 1. The third kappa shape index (κ3) is 3.53. The number of ether oxygens (including phenoxy) is 1. The first-order valence-electron chi connectivity index (χ1n) is 9.73. The number of aliphatic hydroxyl groups is 1. The Morgan fingerprint density at radius 1 is 1.12 bits per heavy atom. The molecule has 8 heteroatoms. The van der Waals surface area contributed by atoms with Gasteiger partial charge in [-0.05, 0) is 66.8 Å². The molecule has 1 aliphatic heterocycles. The quantitative estimate of drug-likeness (QED) is 0.305. The molecule has 6 nitrogen and oxygen atoms in total. The lowest BCUT2D eigenvalue weighted by atomic mass is 9.95. The van der Waals surface area contributed by atoms with Crippen LogP contribution in [-0.2, 0) is 9.59 Å². The fourth-order valence-electron chi connectivity index (χ4n) is 3.90. The van der Waals surface area contributed by atoms with Crippen LogP contribution in [-0.4, -0.2) is 29.0 Å². The molecule has 1 aromatic heterocycles. The molecule has 0 radical (unpaired) electrons. The Morgan fingerprint density at radius 2 is 1.88 bits per heavy atom. The number of benzene rings is 2. The maximum atomic E-state index is 13.2. The second kappa shape index (κ2) is 8.33. The maximum Gasteiger partial charge on any atom is 0.300 e. The number of aromatic hydroxyl groups is 1. The summed E-state index contributed by atoms with van der Waals surface area (Å²) in [4.78, 5) is 28.2. The van der Waals surface area contributed by atoms with Crippen molar-refractivity contribution in [3.8, 4) is 11.5 Å². The van der Waals surface area contributed by atoms with Crippen LogP contribution in [0.15, 0.2) is 53.4 Å². The van der Waals surface area contributed by atoms with Gasteiger partial charge in [-0.2, -0.15) is 0 Å². The van der Waals surface area contributed by atoms with E-state index in [0.29, 0.717) is 26.8 Å². The van der Waals surface area contributed by atoms with E-state index in [9.17, 15) is 19.8 Å². The normalized spacial score (nSPS) is 17.8. The predicted octanol–water partition coefficient (Wildman–Crippen LogP) is 5.36. The molecule has 4 rings (SSSR count). The second-order valence-corrected chi connectivity index (χ2v) is 8.87. The van der Waals surface area contributed by atoms with Gasteiger partial charge in [-0.25, -0.2) is 0 Å². The van der Waals surface area contributed by atoms with Crippen LogP contribution >= 0.6 is 22.9 Å². The molecule has 1 aliphatic rings. The minimum Gasteiger partial charge on any atom is -0.507 e. The van der Waals surface area contributed by atoms with E-state index in [4.69, 9.17) is 16.3 Å². The highest BCUT2D eigenvalue weighted by molar-refractivity contribution is 7.10. The highest BCUT2D eigenvalue weighted by atomic mass is 35.5. The number of anilines is 1. The number of hydrogen-bond acceptors (Lipinski definition) is 6. The molecule has 2 N–H and O–H groups in total. The summed E-state index contributed by atoms with van der Waals surface area (Å²) >= 11 is 7.45. The number of aliphatic hydroxyl groups excluding tert-OH is 1. The van der Waals surface area contributed by atoms with Crippen LogP contribution < -0.4 is 9.64 Å². The van der Waals surface area contributed by atoms with Crippen molar-refractivity contribution in [3.63, 3.8) is 0 Å². The lowest BCUT2D eigenvalue weighted by molar-refractivity contribution is -0.132. The number of phenolic OH excluding ortho intramolecular Hbond substituents is 1. The van der Waals surface area contributed by atoms with E-state index in [2.05, 4.69) is 0 Å². The highest BCUT2D eigenvalue weighted by Gasteiger charge is 2.48. The zero-order chi connectivity index (χ0) is 23.2. The number of methoxy groups -OCH3 is 1. The van der Waals surface area contributed by atoms with Crippen molar-refractivity contribution in [2.45, 2.75) is 19.9 Å². The average Bonchev–Trinajstić information content (AvgIpc) is 3.38. The first-order valence-corrected chi connectivity index (χ1v) is 11.0. The summed E-state index contributed by atoms with van der Waals surface area (Å²) in [5.41, 5.74) is 1.93. The molecule has 0 saturated carbocycles. The maximum absolute atomic E-state index is 13.2. The van der Waals surface area contributed by atoms with Crippen molar-refractivity contribution in [1.29, 1.82) is 0 Å². The molecule has 1 saturated heterocycles. The number of rotatable bonds is 4. The molecule has 32 heavy (non-hydrogen) atoms. The first kappa shape index (κ1) is 21.9. The molecule has 1 fully saturated rings. The standard InChI is InChI=1S/C24H20ClNO5S/c1-12-10-18(31-3)13(2)9-15(12)22(28)20-21(19-5-4-8-32-19)26(24(30)23(20)29)16-11-14(25)6-7-17(16)27/h4-11,21,27-28H,1-3H3/b22-20-. The summed E-state index contributed by atoms with van der Waals surface area (Å²) in [6, 6.07) is 10.4. The van der Waals surface area contributed by atoms with Crippen LogP contribution in [0.4, 0.5) is 5.69 Å². The number of nitrogens with zero attached hydrogens (tertiary/aromatic N) is 1. The second-order valence-electron chi connectivity index (χ2n) is 7.45. The molecule has 2 aromatic carbocycles. The SMILES string of the molecule is COc1cc(C)c(/C(O)=C2/C(=O)C(=O)N(c3cc(Cl)ccc3O)C2c2cccs2)cc1C. The van der Waals surface area contributed by atoms with E-state index in [1.807, 2.05) is 12.3 Å². The van der Waals surface area contributed by atoms with Gasteiger partial charge in [0.05, 0.1) is 18.4 Å². The Labute approximate surface area is 193 Å². The van der Waals surface area contributed by atoms with Crippen molar-refractivity contribution in [1.82, 2.24) is 0 Å². The monoisotopic (exact) mass is 469 g/mol. The molecule has 1 atom stereocenters. The Balaban J connectivity index is 1.98. The zero-order valence-corrected chi connectivity index (χ0v) is 19.1. The van der Waals surface area contributed by atoms with Crippen LogP contribution in [0.5, 0.6) is 11.5 Å². The first-order chi connectivity index (χ1) is 15.2. The Morgan fingerprint density at radius 3 is 2.53 bits per heavy atom. The molecule has 1 amide bonds. The summed E-state index contributed by atoms with van der Waals surface area (Å²) in [6.45, 7) is 3.62. The van der Waals surface area contributed by atoms with Gasteiger partial charge in [0.15, 0.2) is 0 Å². The summed E-state index contributed by atoms with van der Waals surface area (Å²) < 4.78 is 5.34. The van der Waals surface area contributed by atoms with Gasteiger partial charge < -0.3 is 14.9 Å². The lowest BCUT2D eigenvalue weighted by Crippen LogP contribution is -2.29. The molecule has 0 bridgehead atoms. The molecule has 0 spiro atoms. The summed E-state index contributed by atoms with van der Waals surface area (Å²) in [6.07, 6.45) is 0. The largest absolute Gasteiger partial charge is 0.507 e. The van der Waals surface area contributed by atoms with Crippen molar-refractivity contribution in [2.24, 2.45) is 0 Å². The van der Waals surface area contributed by atoms with Gasteiger partial charge in [0.25, 0.3) is 11.7 Å². The Bertz CT molecular complexity index is 1270. The number of thiophene rings is 1. The van der Waals surface area contributed by atoms with E-state index in [-0.39, 0.29) is 22.8 Å². The smallest absolute Gasteiger partial charge is 0.300 e. The van der Waals surface area contributed by atoms with Gasteiger partial charge in [-0.1, -0.05) is 17.7 Å². The van der Waals surface area contributed by atoms with E-state index >= 15 is 0 Å². The van der Waals surface area contributed by atoms with Crippen LogP contribution in [0.25, 0.3) is 5.76 Å². The number of amides is 1. The van der Waals surface area contributed by atoms with Crippen LogP contribution in [0.3, 0.4) is 0 Å². The van der Waals surface area contributed by atoms with Crippen LogP contribution in [0.1, 0.15) is 27.6 Å². The fraction of sp³-hybridized carbons (Fsp3) is 0.167. The van der Waals surface area contributed by atoms with Crippen LogP contribution in [0.2, 0.25) is 5.02 Å². The lowest BCUT2D eigenvalue weighted by Gasteiger charge is -2.25. The van der Waals surface area contributed by atoms with Gasteiger partial charge in [0.2, 0.25) is 0 Å². The molecule has 2 heterocycles. The number of Topliss-reactive ketones (excluding diaryl/α,β-unsaturated/α-hetero) is 1. The topological polar surface area (TPSA) is 87.1 Å². The van der Waals surface area contributed by atoms with Crippen molar-refractivity contribution in [3.05, 3.63) is 80.0 Å². The third-order valence-corrected chi connectivity index (χ3v) is 6.61. The van der Waals surface area contributed by atoms with E-state index in [1.54, 1.807) is 38.3 Å². The number of carbonyl (C=O) groups is 2. The number of carbonyl (C=O) groups excluding carboxylic acids is 2. The zero-order valence-electron chi connectivity index (χ0n) is 17.5. The van der Waals surface area contributed by atoms with E-state index < -0.39 is 17.7 Å². The van der Waals surface area contributed by atoms with Gasteiger partial charge in [0.1, 0.15) is 23.3 Å². The van der Waals surface area contributed by atoms with Crippen molar-refractivity contribution >= 4 is 46.1 Å². The van der Waals surface area contributed by atoms with Gasteiger partial charge in [0, 0.05) is 15.5 Å². The minimum absolute atomic E-state index is 0.0514. The number of aryl methyl sites for hydroxylation is 2. The van der Waals surface area contributed by atoms with Gasteiger partial charge >= 0.3 is 0 Å². The van der Waals surface area contributed by atoms with E-state index in [1.165, 1.54) is 34.4 Å². The highest BCUT2D eigenvalue weighted by Crippen LogP contribution is 2.46. The van der Waals surface area contributed by atoms with Gasteiger partial charge in [-0.3, -0.25) is 14.5 Å². The van der Waals surface area contributed by atoms with E-state index in [0.717, 1.165) is 5.56 Å². The van der Waals surface area contributed by atoms with Crippen molar-refractivity contribution < 1.29 is 24.5 Å². The summed E-state index contributed by atoms with van der Waals surface area (Å²) in [7, 11) is 1.56. The Hall–Kier alpha value is -3.29. The van der Waals surface area contributed by atoms with Crippen molar-refractivity contribution in [2.75, 3.05) is 12.0 Å². The van der Waals surface area contributed by atoms with Gasteiger partial charge in [-0.15, -0.1) is 11.3 Å². The molecule has 164 valence electrons. The summed E-state index contributed by atoms with van der Waals surface area (Å²) in [5.74, 6) is -1.53. The molecule has 3 aromatic rings. The fourth-order valence-corrected chi connectivity index (χ4v) is 4.89. The average molecular weight is 470 g/mol. The molecule has 0 aliphatic carbocycles. The number of hydrogen-bond donors (Lipinski definition) is 2. The minimum atomic E-state index is -0.916. The summed E-state index contributed by atoms with van der Waals surface area (Å²) in [5, 5.41) is 23.8. The molecular weight excluding hydrogens is 450 g/mol. The Kier molecular flexibility index (Phi) is 5.71. The predicted molar refractivity (Wildman–Crippen MR) is 125 cm³/mol.